The van der Waals surface area contributed by atoms with Crippen LogP contribution in [0.5, 0.6) is 0 Å². The Morgan fingerprint density at radius 1 is 1.47 bits per heavy atom. The predicted molar refractivity (Wildman–Crippen MR) is 59.1 cm³/mol. The van der Waals surface area contributed by atoms with Gasteiger partial charge in [0.15, 0.2) is 0 Å². The Kier molecular flexibility index (Phi) is 4.72. The molecule has 0 saturated carbocycles. The first kappa shape index (κ1) is 12.1. The van der Waals surface area contributed by atoms with Crippen LogP contribution in [0.15, 0.2) is 18.2 Å². The van der Waals surface area contributed by atoms with Gasteiger partial charge in [-0.2, -0.15) is 0 Å². The van der Waals surface area contributed by atoms with E-state index in [-0.39, 0.29) is 11.9 Å². The zero-order chi connectivity index (χ0) is 11.3. The molecule has 2 nitrogen and oxygen atoms in total. The summed E-state index contributed by atoms with van der Waals surface area (Å²) in [6.07, 6.45) is 0.465. The molecule has 2 N–H and O–H groups in total. The van der Waals surface area contributed by atoms with Crippen molar-refractivity contribution in [2.24, 2.45) is 0 Å². The van der Waals surface area contributed by atoms with Crippen LogP contribution in [0.4, 0.5) is 4.39 Å². The third-order valence-corrected chi connectivity index (χ3v) is 2.36. The summed E-state index contributed by atoms with van der Waals surface area (Å²) >= 11 is 0. The zero-order valence-electron chi connectivity index (χ0n) is 9.26. The topological polar surface area (TPSA) is 32.3 Å². The second-order valence-corrected chi connectivity index (χ2v) is 3.89. The third-order valence-electron chi connectivity index (χ3n) is 2.36. The highest BCUT2D eigenvalue weighted by molar-refractivity contribution is 5.26. The van der Waals surface area contributed by atoms with E-state index in [0.717, 1.165) is 30.6 Å². The van der Waals surface area contributed by atoms with Gasteiger partial charge in [-0.15, -0.1) is 0 Å². The Bertz CT molecular complexity index is 312. The van der Waals surface area contributed by atoms with Crippen molar-refractivity contribution in [3.8, 4) is 0 Å². The van der Waals surface area contributed by atoms with Gasteiger partial charge in [-0.25, -0.2) is 4.39 Å². The molecule has 84 valence electrons. The quantitative estimate of drug-likeness (QED) is 0.730. The Balaban J connectivity index is 2.37. The van der Waals surface area contributed by atoms with Crippen LogP contribution in [0.1, 0.15) is 24.5 Å². The molecule has 15 heavy (non-hydrogen) atoms. The zero-order valence-corrected chi connectivity index (χ0v) is 9.26. The Morgan fingerprint density at radius 3 is 2.80 bits per heavy atom. The summed E-state index contributed by atoms with van der Waals surface area (Å²) in [5.41, 5.74) is 2.06. The summed E-state index contributed by atoms with van der Waals surface area (Å²) in [4.78, 5) is 0. The number of aliphatic hydroxyl groups excluding tert-OH is 1. The van der Waals surface area contributed by atoms with Crippen molar-refractivity contribution < 1.29 is 9.50 Å². The number of nitrogens with one attached hydrogen (secondary N) is 1. The van der Waals surface area contributed by atoms with E-state index in [0.29, 0.717) is 0 Å². The molecular formula is C12H18FNO. The number of aliphatic hydroxyl groups is 1. The van der Waals surface area contributed by atoms with Gasteiger partial charge in [-0.05, 0) is 50.1 Å². The summed E-state index contributed by atoms with van der Waals surface area (Å²) in [6, 6.07) is 4.80. The van der Waals surface area contributed by atoms with Crippen molar-refractivity contribution in [3.63, 3.8) is 0 Å². The van der Waals surface area contributed by atoms with Crippen LogP contribution < -0.4 is 5.32 Å². The monoisotopic (exact) mass is 211 g/mol. The van der Waals surface area contributed by atoms with Gasteiger partial charge in [0.2, 0.25) is 0 Å². The molecule has 0 heterocycles. The van der Waals surface area contributed by atoms with Gasteiger partial charge in [0.1, 0.15) is 5.82 Å². The van der Waals surface area contributed by atoms with E-state index >= 15 is 0 Å². The van der Waals surface area contributed by atoms with Crippen molar-refractivity contribution in [2.75, 3.05) is 6.54 Å². The summed E-state index contributed by atoms with van der Waals surface area (Å²) in [6.45, 7) is 5.16. The molecule has 0 amide bonds. The molecule has 3 heteroatoms. The van der Waals surface area contributed by atoms with Gasteiger partial charge in [-0.3, -0.25) is 0 Å². The molecule has 1 rings (SSSR count). The standard InChI is InChI=1S/C12H18FNO/c1-9-7-12(13)4-3-11(9)8-14-6-5-10(2)15/h3-4,7,10,14-15H,5-6,8H2,1-2H3/t10-/m1/s1. The molecule has 1 aromatic rings. The smallest absolute Gasteiger partial charge is 0.123 e. The van der Waals surface area contributed by atoms with E-state index in [1.54, 1.807) is 13.0 Å². The SMILES string of the molecule is Cc1cc(F)ccc1CNCC[C@@H](C)O. The van der Waals surface area contributed by atoms with Crippen LogP contribution >= 0.6 is 0 Å². The lowest BCUT2D eigenvalue weighted by atomic mass is 10.1. The predicted octanol–water partition coefficient (Wildman–Crippen LogP) is 1.99. The first-order chi connectivity index (χ1) is 7.09. The Morgan fingerprint density at radius 2 is 2.20 bits per heavy atom. The summed E-state index contributed by atoms with van der Waals surface area (Å²) in [5.74, 6) is -0.194. The number of halogens is 1. The van der Waals surface area contributed by atoms with Gasteiger partial charge >= 0.3 is 0 Å². The molecule has 0 radical (unpaired) electrons. The van der Waals surface area contributed by atoms with E-state index < -0.39 is 0 Å². The fourth-order valence-electron chi connectivity index (χ4n) is 1.39. The molecule has 1 aromatic carbocycles. The normalized spacial score (nSPS) is 12.8. The Hall–Kier alpha value is -0.930. The highest BCUT2D eigenvalue weighted by Gasteiger charge is 2.00. The molecule has 0 aromatic heterocycles. The lowest BCUT2D eigenvalue weighted by Crippen LogP contribution is -2.19. The minimum atomic E-state index is -0.271. The van der Waals surface area contributed by atoms with Crippen molar-refractivity contribution >= 4 is 0 Å². The molecule has 0 unspecified atom stereocenters. The van der Waals surface area contributed by atoms with Crippen LogP contribution in [-0.4, -0.2) is 17.8 Å². The second-order valence-electron chi connectivity index (χ2n) is 3.89. The maximum atomic E-state index is 12.8. The first-order valence-corrected chi connectivity index (χ1v) is 5.23. The molecule has 0 fully saturated rings. The van der Waals surface area contributed by atoms with Gasteiger partial charge < -0.3 is 10.4 Å². The van der Waals surface area contributed by atoms with Crippen molar-refractivity contribution in [1.82, 2.24) is 5.32 Å². The van der Waals surface area contributed by atoms with E-state index in [4.69, 9.17) is 5.11 Å². The Labute approximate surface area is 90.1 Å². The van der Waals surface area contributed by atoms with Crippen LogP contribution in [-0.2, 0) is 6.54 Å². The summed E-state index contributed by atoms with van der Waals surface area (Å²) < 4.78 is 12.8. The van der Waals surface area contributed by atoms with Crippen molar-refractivity contribution in [2.45, 2.75) is 32.9 Å². The molecule has 0 aliphatic rings. The fourth-order valence-corrected chi connectivity index (χ4v) is 1.39. The number of hydrogen-bond donors (Lipinski definition) is 2. The van der Waals surface area contributed by atoms with Gasteiger partial charge in [0.05, 0.1) is 6.10 Å². The lowest BCUT2D eigenvalue weighted by molar-refractivity contribution is 0.183. The molecule has 0 aliphatic carbocycles. The average Bonchev–Trinajstić information content (AvgIpc) is 2.14. The third kappa shape index (κ3) is 4.40. The van der Waals surface area contributed by atoms with Crippen molar-refractivity contribution in [1.29, 1.82) is 0 Å². The van der Waals surface area contributed by atoms with Crippen LogP contribution in [0.3, 0.4) is 0 Å². The number of benzene rings is 1. The molecule has 1 atom stereocenters. The molecule has 0 bridgehead atoms. The van der Waals surface area contributed by atoms with Crippen LogP contribution in [0.25, 0.3) is 0 Å². The minimum Gasteiger partial charge on any atom is -0.393 e. The minimum absolute atomic E-state index is 0.194. The van der Waals surface area contributed by atoms with Gasteiger partial charge in [-0.1, -0.05) is 6.07 Å². The number of hydrogen-bond acceptors (Lipinski definition) is 2. The lowest BCUT2D eigenvalue weighted by Gasteiger charge is -2.08. The second kappa shape index (κ2) is 5.83. The summed E-state index contributed by atoms with van der Waals surface area (Å²) in [5, 5.41) is 12.3. The highest BCUT2D eigenvalue weighted by Crippen LogP contribution is 2.09. The first-order valence-electron chi connectivity index (χ1n) is 5.23. The maximum Gasteiger partial charge on any atom is 0.123 e. The van der Waals surface area contributed by atoms with E-state index in [9.17, 15) is 4.39 Å². The molecule has 0 aliphatic heterocycles. The van der Waals surface area contributed by atoms with Gasteiger partial charge in [0.25, 0.3) is 0 Å². The van der Waals surface area contributed by atoms with E-state index in [2.05, 4.69) is 5.32 Å². The van der Waals surface area contributed by atoms with E-state index in [1.807, 2.05) is 6.92 Å². The average molecular weight is 211 g/mol. The summed E-state index contributed by atoms with van der Waals surface area (Å²) in [7, 11) is 0. The molecular weight excluding hydrogens is 193 g/mol. The van der Waals surface area contributed by atoms with Crippen molar-refractivity contribution in [3.05, 3.63) is 35.1 Å². The highest BCUT2D eigenvalue weighted by atomic mass is 19.1. The molecule has 0 spiro atoms. The number of aryl methyl sites for hydroxylation is 1. The van der Waals surface area contributed by atoms with E-state index in [1.165, 1.54) is 12.1 Å². The van der Waals surface area contributed by atoms with Gasteiger partial charge in [0, 0.05) is 6.54 Å². The van der Waals surface area contributed by atoms with Crippen LogP contribution in [0, 0.1) is 12.7 Å². The molecule has 0 saturated heterocycles. The number of rotatable bonds is 5. The largest absolute Gasteiger partial charge is 0.393 e. The fraction of sp³-hybridized carbons (Fsp3) is 0.500. The maximum absolute atomic E-state index is 12.8. The van der Waals surface area contributed by atoms with Crippen LogP contribution in [0.2, 0.25) is 0 Å².